The number of ketones is 1. The number of benzene rings is 1. The second-order valence-electron chi connectivity index (χ2n) is 4.37. The van der Waals surface area contributed by atoms with Crippen molar-refractivity contribution in [3.05, 3.63) is 30.3 Å². The van der Waals surface area contributed by atoms with Crippen LogP contribution in [0.25, 0.3) is 0 Å². The summed E-state index contributed by atoms with van der Waals surface area (Å²) >= 11 is 0. The molecule has 1 aromatic carbocycles. The standard InChI is InChI=1S/C14H18O4/c1-4-17-13(16)14(2,3)12(15)10-18-11-8-6-5-7-9-11/h5-9H,4,10H2,1-3H3. The van der Waals surface area contributed by atoms with Crippen molar-refractivity contribution in [1.29, 1.82) is 0 Å². The van der Waals surface area contributed by atoms with Crippen molar-refractivity contribution in [3.8, 4) is 5.75 Å². The monoisotopic (exact) mass is 250 g/mol. The van der Waals surface area contributed by atoms with E-state index >= 15 is 0 Å². The first-order valence-electron chi connectivity index (χ1n) is 5.87. The quantitative estimate of drug-likeness (QED) is 0.574. The van der Waals surface area contributed by atoms with Crippen LogP contribution in [0.2, 0.25) is 0 Å². The van der Waals surface area contributed by atoms with Gasteiger partial charge in [-0.05, 0) is 32.9 Å². The number of carbonyl (C=O) groups is 2. The lowest BCUT2D eigenvalue weighted by Gasteiger charge is -2.20. The molecule has 0 aliphatic carbocycles. The minimum Gasteiger partial charge on any atom is -0.486 e. The fourth-order valence-corrected chi connectivity index (χ4v) is 1.27. The van der Waals surface area contributed by atoms with Gasteiger partial charge in [0.15, 0.2) is 5.78 Å². The Morgan fingerprint density at radius 2 is 1.78 bits per heavy atom. The fourth-order valence-electron chi connectivity index (χ4n) is 1.27. The van der Waals surface area contributed by atoms with Crippen LogP contribution in [0.5, 0.6) is 5.75 Å². The zero-order valence-corrected chi connectivity index (χ0v) is 10.9. The first-order valence-corrected chi connectivity index (χ1v) is 5.87. The maximum atomic E-state index is 11.9. The minimum atomic E-state index is -1.18. The van der Waals surface area contributed by atoms with E-state index in [0.29, 0.717) is 5.75 Å². The lowest BCUT2D eigenvalue weighted by Crippen LogP contribution is -2.38. The lowest BCUT2D eigenvalue weighted by molar-refractivity contribution is -0.158. The summed E-state index contributed by atoms with van der Waals surface area (Å²) in [6, 6.07) is 9.00. The van der Waals surface area contributed by atoms with Crippen LogP contribution in [0.1, 0.15) is 20.8 Å². The van der Waals surface area contributed by atoms with E-state index in [-0.39, 0.29) is 19.0 Å². The van der Waals surface area contributed by atoms with Crippen LogP contribution < -0.4 is 4.74 Å². The lowest BCUT2D eigenvalue weighted by atomic mass is 9.88. The number of para-hydroxylation sites is 1. The molecule has 0 heterocycles. The van der Waals surface area contributed by atoms with Gasteiger partial charge in [-0.2, -0.15) is 0 Å². The third-order valence-corrected chi connectivity index (χ3v) is 2.60. The Hall–Kier alpha value is -1.84. The molecule has 4 nitrogen and oxygen atoms in total. The van der Waals surface area contributed by atoms with E-state index < -0.39 is 11.4 Å². The van der Waals surface area contributed by atoms with Gasteiger partial charge in [-0.25, -0.2) is 0 Å². The predicted molar refractivity (Wildman–Crippen MR) is 67.4 cm³/mol. The molecule has 0 saturated heterocycles. The summed E-state index contributed by atoms with van der Waals surface area (Å²) in [7, 11) is 0. The summed E-state index contributed by atoms with van der Waals surface area (Å²) in [5.74, 6) is -0.220. The normalized spacial score (nSPS) is 10.8. The summed E-state index contributed by atoms with van der Waals surface area (Å²) in [4.78, 5) is 23.5. The highest BCUT2D eigenvalue weighted by atomic mass is 16.5. The molecule has 1 rings (SSSR count). The molecule has 0 aliphatic heterocycles. The molecule has 1 aromatic rings. The molecule has 0 unspecified atom stereocenters. The molecule has 0 aliphatic rings. The summed E-state index contributed by atoms with van der Waals surface area (Å²) in [5.41, 5.74) is -1.18. The number of carbonyl (C=O) groups excluding carboxylic acids is 2. The summed E-state index contributed by atoms with van der Waals surface area (Å²) in [6.07, 6.45) is 0. The van der Waals surface area contributed by atoms with Crippen molar-refractivity contribution < 1.29 is 19.1 Å². The summed E-state index contributed by atoms with van der Waals surface area (Å²) in [5, 5.41) is 0. The average Bonchev–Trinajstić information content (AvgIpc) is 2.37. The molecule has 0 spiro atoms. The van der Waals surface area contributed by atoms with Gasteiger partial charge in [-0.3, -0.25) is 9.59 Å². The molecular formula is C14H18O4. The SMILES string of the molecule is CCOC(=O)C(C)(C)C(=O)COc1ccccc1. The van der Waals surface area contributed by atoms with Crippen molar-refractivity contribution in [2.75, 3.05) is 13.2 Å². The van der Waals surface area contributed by atoms with Gasteiger partial charge in [0.2, 0.25) is 0 Å². The molecule has 0 amide bonds. The first kappa shape index (κ1) is 14.2. The zero-order valence-electron chi connectivity index (χ0n) is 10.9. The molecule has 98 valence electrons. The second-order valence-corrected chi connectivity index (χ2v) is 4.37. The zero-order chi connectivity index (χ0) is 13.6. The number of rotatable bonds is 6. The van der Waals surface area contributed by atoms with Crippen molar-refractivity contribution >= 4 is 11.8 Å². The molecule has 18 heavy (non-hydrogen) atoms. The molecule has 0 atom stereocenters. The topological polar surface area (TPSA) is 52.6 Å². The Balaban J connectivity index is 2.57. The molecule has 0 aromatic heterocycles. The van der Waals surface area contributed by atoms with Gasteiger partial charge in [0.05, 0.1) is 6.61 Å². The number of Topliss-reactive ketones (excluding diaryl/α,β-unsaturated/α-hetero) is 1. The van der Waals surface area contributed by atoms with Crippen LogP contribution in [0.4, 0.5) is 0 Å². The van der Waals surface area contributed by atoms with E-state index in [1.54, 1.807) is 32.9 Å². The molecule has 0 saturated carbocycles. The molecular weight excluding hydrogens is 232 g/mol. The van der Waals surface area contributed by atoms with Gasteiger partial charge in [-0.15, -0.1) is 0 Å². The number of ether oxygens (including phenoxy) is 2. The van der Waals surface area contributed by atoms with Crippen LogP contribution in [0.15, 0.2) is 30.3 Å². The van der Waals surface area contributed by atoms with E-state index in [1.165, 1.54) is 0 Å². The van der Waals surface area contributed by atoms with Crippen molar-refractivity contribution in [2.45, 2.75) is 20.8 Å². The summed E-state index contributed by atoms with van der Waals surface area (Å²) < 4.78 is 10.2. The van der Waals surface area contributed by atoms with Crippen molar-refractivity contribution in [2.24, 2.45) is 5.41 Å². The Morgan fingerprint density at radius 3 is 2.33 bits per heavy atom. The summed E-state index contributed by atoms with van der Waals surface area (Å²) in [6.45, 7) is 4.91. The number of hydrogen-bond donors (Lipinski definition) is 0. The van der Waals surface area contributed by atoms with E-state index in [2.05, 4.69) is 0 Å². The van der Waals surface area contributed by atoms with Gasteiger partial charge < -0.3 is 9.47 Å². The fraction of sp³-hybridized carbons (Fsp3) is 0.429. The minimum absolute atomic E-state index is 0.143. The van der Waals surface area contributed by atoms with Crippen molar-refractivity contribution in [1.82, 2.24) is 0 Å². The van der Waals surface area contributed by atoms with Gasteiger partial charge in [0, 0.05) is 0 Å². The Kier molecular flexibility index (Phi) is 4.89. The van der Waals surface area contributed by atoms with Crippen LogP contribution >= 0.6 is 0 Å². The molecule has 0 radical (unpaired) electrons. The smallest absolute Gasteiger partial charge is 0.319 e. The highest BCUT2D eigenvalue weighted by molar-refractivity contribution is 6.03. The Morgan fingerprint density at radius 1 is 1.17 bits per heavy atom. The van der Waals surface area contributed by atoms with Gasteiger partial charge in [-0.1, -0.05) is 18.2 Å². The van der Waals surface area contributed by atoms with Gasteiger partial charge in [0.25, 0.3) is 0 Å². The first-order chi connectivity index (χ1) is 8.48. The van der Waals surface area contributed by atoms with Gasteiger partial charge >= 0.3 is 5.97 Å². The predicted octanol–water partition coefficient (Wildman–Crippen LogP) is 2.22. The average molecular weight is 250 g/mol. The maximum Gasteiger partial charge on any atom is 0.319 e. The Bertz CT molecular complexity index is 409. The number of hydrogen-bond acceptors (Lipinski definition) is 4. The van der Waals surface area contributed by atoms with Crippen LogP contribution in [0, 0.1) is 5.41 Å². The van der Waals surface area contributed by atoms with Gasteiger partial charge in [0.1, 0.15) is 17.8 Å². The Labute approximate surface area is 107 Å². The maximum absolute atomic E-state index is 11.9. The second kappa shape index (κ2) is 6.19. The molecule has 0 N–H and O–H groups in total. The van der Waals surface area contributed by atoms with E-state index in [4.69, 9.17) is 9.47 Å². The molecule has 4 heteroatoms. The van der Waals surface area contributed by atoms with Crippen LogP contribution in [0.3, 0.4) is 0 Å². The van der Waals surface area contributed by atoms with E-state index in [0.717, 1.165) is 0 Å². The van der Waals surface area contributed by atoms with Crippen molar-refractivity contribution in [3.63, 3.8) is 0 Å². The van der Waals surface area contributed by atoms with Crippen LogP contribution in [-0.4, -0.2) is 25.0 Å². The largest absolute Gasteiger partial charge is 0.486 e. The third kappa shape index (κ3) is 3.58. The van der Waals surface area contributed by atoms with E-state index in [9.17, 15) is 9.59 Å². The van der Waals surface area contributed by atoms with E-state index in [1.807, 2.05) is 18.2 Å². The number of esters is 1. The third-order valence-electron chi connectivity index (χ3n) is 2.60. The van der Waals surface area contributed by atoms with Crippen LogP contribution in [-0.2, 0) is 14.3 Å². The highest BCUT2D eigenvalue weighted by Gasteiger charge is 2.37. The molecule has 0 fully saturated rings. The molecule has 0 bridgehead atoms. The highest BCUT2D eigenvalue weighted by Crippen LogP contribution is 2.20.